The van der Waals surface area contributed by atoms with Gasteiger partial charge in [0.2, 0.25) is 0 Å². The first-order valence-corrected chi connectivity index (χ1v) is 3.48. The minimum absolute atomic E-state index is 0.285. The van der Waals surface area contributed by atoms with Crippen LogP contribution in [0, 0.1) is 0 Å². The summed E-state index contributed by atoms with van der Waals surface area (Å²) in [5.74, 6) is 0.626. The van der Waals surface area contributed by atoms with Crippen LogP contribution >= 0.6 is 22.6 Å². The van der Waals surface area contributed by atoms with Gasteiger partial charge in [-0.2, -0.15) is 0 Å². The summed E-state index contributed by atoms with van der Waals surface area (Å²) in [6, 6.07) is 0. The van der Waals surface area contributed by atoms with E-state index in [9.17, 15) is 4.79 Å². The van der Waals surface area contributed by atoms with Crippen molar-refractivity contribution in [2.24, 2.45) is 0 Å². The van der Waals surface area contributed by atoms with E-state index in [0.717, 1.165) is 3.58 Å². The second kappa shape index (κ2) is 2.55. The van der Waals surface area contributed by atoms with E-state index in [2.05, 4.69) is 32.1 Å². The first kappa shape index (κ1) is 6.85. The van der Waals surface area contributed by atoms with E-state index < -0.39 is 6.16 Å². The van der Waals surface area contributed by atoms with Crippen molar-refractivity contribution in [2.75, 3.05) is 6.61 Å². The molecule has 4 heteroatoms. The lowest BCUT2D eigenvalue weighted by atomic mass is 10.5. The lowest BCUT2D eigenvalue weighted by Gasteiger charge is -1.89. The molecular weight excluding hydrogens is 235 g/mol. The van der Waals surface area contributed by atoms with Crippen molar-refractivity contribution in [2.45, 2.75) is 6.92 Å². The summed E-state index contributed by atoms with van der Waals surface area (Å²) in [7, 11) is 0. The largest absolute Gasteiger partial charge is 0.514 e. The van der Waals surface area contributed by atoms with Crippen LogP contribution in [0.25, 0.3) is 0 Å². The normalized spacial score (nSPS) is 23.1. The number of ether oxygens (including phenoxy) is 2. The highest BCUT2D eigenvalue weighted by molar-refractivity contribution is 14.1. The molecule has 1 fully saturated rings. The van der Waals surface area contributed by atoms with Crippen molar-refractivity contribution in [1.29, 1.82) is 0 Å². The maximum Gasteiger partial charge on any atom is 0.514 e. The van der Waals surface area contributed by atoms with Crippen LogP contribution in [0.1, 0.15) is 6.92 Å². The molecule has 1 aliphatic heterocycles. The zero-order valence-electron chi connectivity index (χ0n) is 4.81. The van der Waals surface area contributed by atoms with Crippen LogP contribution in [0.2, 0.25) is 0 Å². The lowest BCUT2D eigenvalue weighted by molar-refractivity contribution is 0.136. The molecule has 0 aromatic rings. The number of hydrogen-bond acceptors (Lipinski definition) is 3. The van der Waals surface area contributed by atoms with Gasteiger partial charge in [-0.05, 0) is 29.5 Å². The predicted octanol–water partition coefficient (Wildman–Crippen LogP) is 1.82. The highest BCUT2D eigenvalue weighted by Gasteiger charge is 2.19. The van der Waals surface area contributed by atoms with E-state index in [0.29, 0.717) is 5.76 Å². The first-order chi connectivity index (χ1) is 4.20. The Balaban J connectivity index is 2.69. The van der Waals surface area contributed by atoms with E-state index >= 15 is 0 Å². The van der Waals surface area contributed by atoms with Crippen LogP contribution in [0.3, 0.4) is 0 Å². The summed E-state index contributed by atoms with van der Waals surface area (Å²) in [6.45, 7) is 2.14. The highest BCUT2D eigenvalue weighted by atomic mass is 127. The van der Waals surface area contributed by atoms with Crippen LogP contribution < -0.4 is 0 Å². The van der Waals surface area contributed by atoms with Gasteiger partial charge in [0, 0.05) is 3.58 Å². The topological polar surface area (TPSA) is 35.5 Å². The van der Waals surface area contributed by atoms with Crippen molar-refractivity contribution in [3.8, 4) is 0 Å². The summed E-state index contributed by atoms with van der Waals surface area (Å²) >= 11 is 2.08. The van der Waals surface area contributed by atoms with Crippen molar-refractivity contribution in [3.05, 3.63) is 9.34 Å². The summed E-state index contributed by atoms with van der Waals surface area (Å²) in [4.78, 5) is 10.3. The fraction of sp³-hybridized carbons (Fsp3) is 0.400. The molecular formula is C5H5IO3. The van der Waals surface area contributed by atoms with E-state index in [4.69, 9.17) is 0 Å². The average molecular weight is 240 g/mol. The van der Waals surface area contributed by atoms with Crippen molar-refractivity contribution >= 4 is 28.7 Å². The Morgan fingerprint density at radius 1 is 1.78 bits per heavy atom. The second-order valence-corrected chi connectivity index (χ2v) is 3.22. The van der Waals surface area contributed by atoms with Crippen LogP contribution in [0.5, 0.6) is 0 Å². The second-order valence-electron chi connectivity index (χ2n) is 1.60. The number of rotatable bonds is 0. The molecule has 0 N–H and O–H groups in total. The SMILES string of the molecule is C/C(I)=C1/COC(=O)O1. The third-order valence-electron chi connectivity index (χ3n) is 0.912. The standard InChI is InChI=1S/C5H5IO3/c1-3(6)4-2-8-5(7)9-4/h2H2,1H3/b4-3+. The molecule has 0 aromatic heterocycles. The molecule has 3 nitrogen and oxygen atoms in total. The minimum Gasteiger partial charge on any atom is -0.426 e. The molecule has 0 amide bonds. The molecule has 0 spiro atoms. The molecule has 0 atom stereocenters. The Morgan fingerprint density at radius 3 is 2.67 bits per heavy atom. The first-order valence-electron chi connectivity index (χ1n) is 2.40. The van der Waals surface area contributed by atoms with Gasteiger partial charge in [0.15, 0.2) is 12.4 Å². The maximum atomic E-state index is 10.3. The molecule has 1 saturated heterocycles. The Hall–Kier alpha value is -0.260. The molecule has 0 aliphatic carbocycles. The van der Waals surface area contributed by atoms with Gasteiger partial charge in [-0.1, -0.05) is 0 Å². The van der Waals surface area contributed by atoms with E-state index in [1.54, 1.807) is 0 Å². The molecule has 0 saturated carbocycles. The monoisotopic (exact) mass is 240 g/mol. The Labute approximate surface area is 66.2 Å². The van der Waals surface area contributed by atoms with Gasteiger partial charge in [0.05, 0.1) is 0 Å². The van der Waals surface area contributed by atoms with Crippen molar-refractivity contribution in [3.63, 3.8) is 0 Å². The van der Waals surface area contributed by atoms with Gasteiger partial charge in [0.1, 0.15) is 0 Å². The number of halogens is 1. The van der Waals surface area contributed by atoms with Crippen LogP contribution in [0.4, 0.5) is 4.79 Å². The lowest BCUT2D eigenvalue weighted by Crippen LogP contribution is -1.88. The molecule has 0 unspecified atom stereocenters. The van der Waals surface area contributed by atoms with Crippen molar-refractivity contribution < 1.29 is 14.3 Å². The average Bonchev–Trinajstić information content (AvgIpc) is 2.14. The van der Waals surface area contributed by atoms with Crippen LogP contribution in [-0.2, 0) is 9.47 Å². The summed E-state index contributed by atoms with van der Waals surface area (Å²) in [5, 5.41) is 0. The summed E-state index contributed by atoms with van der Waals surface area (Å²) in [6.07, 6.45) is -0.596. The Kier molecular flexibility index (Phi) is 1.94. The Morgan fingerprint density at radius 2 is 2.44 bits per heavy atom. The molecule has 9 heavy (non-hydrogen) atoms. The molecule has 1 heterocycles. The quantitative estimate of drug-likeness (QED) is 0.478. The fourth-order valence-corrected chi connectivity index (χ4v) is 0.720. The molecule has 0 bridgehead atoms. The van der Waals surface area contributed by atoms with Crippen LogP contribution in [0.15, 0.2) is 9.34 Å². The number of allylic oxidation sites excluding steroid dienone is 1. The van der Waals surface area contributed by atoms with Gasteiger partial charge in [0.25, 0.3) is 0 Å². The Bertz CT molecular complexity index is 169. The number of carbonyl (C=O) groups is 1. The van der Waals surface area contributed by atoms with Gasteiger partial charge in [-0.15, -0.1) is 0 Å². The van der Waals surface area contributed by atoms with Crippen LogP contribution in [-0.4, -0.2) is 12.8 Å². The summed E-state index contributed by atoms with van der Waals surface area (Å²) in [5.41, 5.74) is 0. The third kappa shape index (κ3) is 1.57. The molecule has 1 aliphatic rings. The molecule has 50 valence electrons. The number of hydrogen-bond donors (Lipinski definition) is 0. The molecule has 0 aromatic carbocycles. The van der Waals surface area contributed by atoms with Crippen molar-refractivity contribution in [1.82, 2.24) is 0 Å². The number of carbonyl (C=O) groups excluding carboxylic acids is 1. The van der Waals surface area contributed by atoms with Gasteiger partial charge >= 0.3 is 6.16 Å². The molecule has 1 rings (SSSR count). The highest BCUT2D eigenvalue weighted by Crippen LogP contribution is 2.18. The smallest absolute Gasteiger partial charge is 0.426 e. The summed E-state index contributed by atoms with van der Waals surface area (Å²) < 4.78 is 10.1. The predicted molar refractivity (Wildman–Crippen MR) is 39.2 cm³/mol. The van der Waals surface area contributed by atoms with Gasteiger partial charge in [-0.3, -0.25) is 0 Å². The zero-order valence-corrected chi connectivity index (χ0v) is 6.97. The van der Waals surface area contributed by atoms with E-state index in [1.165, 1.54) is 0 Å². The third-order valence-corrected chi connectivity index (χ3v) is 1.51. The zero-order chi connectivity index (χ0) is 6.85. The maximum absolute atomic E-state index is 10.3. The van der Waals surface area contributed by atoms with Gasteiger partial charge in [-0.25, -0.2) is 4.79 Å². The molecule has 0 radical (unpaired) electrons. The van der Waals surface area contributed by atoms with E-state index in [-0.39, 0.29) is 6.61 Å². The fourth-order valence-electron chi connectivity index (χ4n) is 0.454. The minimum atomic E-state index is -0.596. The van der Waals surface area contributed by atoms with Gasteiger partial charge < -0.3 is 9.47 Å². The van der Waals surface area contributed by atoms with E-state index in [1.807, 2.05) is 6.92 Å². The number of cyclic esters (lactones) is 2.